The highest BCUT2D eigenvalue weighted by atomic mass is 79.9. The molecule has 0 aliphatic rings. The lowest BCUT2D eigenvalue weighted by Crippen LogP contribution is -2.06. The van der Waals surface area contributed by atoms with Crippen molar-refractivity contribution in [3.63, 3.8) is 0 Å². The Morgan fingerprint density at radius 3 is 2.67 bits per heavy atom. The Hall–Kier alpha value is -1.00. The maximum atomic E-state index is 5.21. The fraction of sp³-hybridized carbons (Fsp3) is 0.286. The number of hydrogen-bond acceptors (Lipinski definition) is 3. The predicted molar refractivity (Wildman–Crippen MR) is 81.8 cm³/mol. The second-order valence-electron chi connectivity index (χ2n) is 4.21. The van der Waals surface area contributed by atoms with Gasteiger partial charge in [-0.3, -0.25) is 0 Å². The molecule has 18 heavy (non-hydrogen) atoms. The second-order valence-corrected chi connectivity index (χ2v) is 6.07. The third-order valence-electron chi connectivity index (χ3n) is 2.82. The van der Waals surface area contributed by atoms with Gasteiger partial charge in [0.05, 0.1) is 13.2 Å². The summed E-state index contributed by atoms with van der Waals surface area (Å²) in [5, 5.41) is 5.63. The number of halogens is 1. The van der Waals surface area contributed by atoms with E-state index in [0.29, 0.717) is 6.04 Å². The minimum atomic E-state index is 0.299. The van der Waals surface area contributed by atoms with Crippen molar-refractivity contribution < 1.29 is 4.74 Å². The number of methoxy groups -OCH3 is 1. The first-order chi connectivity index (χ1) is 8.60. The number of nitrogens with one attached hydrogen (secondary N) is 1. The van der Waals surface area contributed by atoms with Gasteiger partial charge in [-0.1, -0.05) is 0 Å². The molecule has 1 unspecified atom stereocenters. The summed E-state index contributed by atoms with van der Waals surface area (Å²) < 4.78 is 6.35. The molecule has 0 radical (unpaired) electrons. The lowest BCUT2D eigenvalue weighted by molar-refractivity contribution is 0.414. The first-order valence-corrected chi connectivity index (χ1v) is 7.42. The van der Waals surface area contributed by atoms with Gasteiger partial charge in [0.1, 0.15) is 5.75 Å². The Morgan fingerprint density at radius 1 is 1.33 bits per heavy atom. The van der Waals surface area contributed by atoms with Gasteiger partial charge in [0.15, 0.2) is 0 Å². The molecule has 0 aliphatic carbocycles. The third-order valence-corrected chi connectivity index (χ3v) is 4.70. The zero-order chi connectivity index (χ0) is 13.1. The van der Waals surface area contributed by atoms with E-state index in [-0.39, 0.29) is 0 Å². The Morgan fingerprint density at radius 2 is 2.11 bits per heavy atom. The molecule has 4 heteroatoms. The number of rotatable bonds is 4. The first-order valence-electron chi connectivity index (χ1n) is 5.75. The van der Waals surface area contributed by atoms with Crippen LogP contribution in [0.25, 0.3) is 0 Å². The average molecular weight is 326 g/mol. The van der Waals surface area contributed by atoms with Crippen molar-refractivity contribution in [1.29, 1.82) is 0 Å². The summed E-state index contributed by atoms with van der Waals surface area (Å²) in [5.74, 6) is 0.893. The van der Waals surface area contributed by atoms with Crippen LogP contribution in [0.5, 0.6) is 5.75 Å². The normalized spacial score (nSPS) is 12.2. The van der Waals surface area contributed by atoms with E-state index < -0.39 is 0 Å². The summed E-state index contributed by atoms with van der Waals surface area (Å²) >= 11 is 5.24. The molecule has 2 rings (SSSR count). The maximum Gasteiger partial charge on any atom is 0.119 e. The standard InChI is InChI=1S/C14H16BrNOS/c1-9-6-12(17-3)4-5-13(9)16-10(2)14-7-11(15)8-18-14/h4-8,10,16H,1-3H3. The number of hydrogen-bond donors (Lipinski definition) is 1. The molecule has 0 amide bonds. The molecule has 2 nitrogen and oxygen atoms in total. The van der Waals surface area contributed by atoms with E-state index in [2.05, 4.69) is 52.6 Å². The van der Waals surface area contributed by atoms with E-state index in [1.165, 1.54) is 10.4 Å². The smallest absolute Gasteiger partial charge is 0.119 e. The molecule has 1 atom stereocenters. The van der Waals surface area contributed by atoms with Crippen molar-refractivity contribution >= 4 is 33.0 Å². The summed E-state index contributed by atoms with van der Waals surface area (Å²) in [6, 6.07) is 8.54. The molecule has 96 valence electrons. The highest BCUT2D eigenvalue weighted by Crippen LogP contribution is 2.29. The Bertz CT molecular complexity index is 538. The number of benzene rings is 1. The van der Waals surface area contributed by atoms with E-state index in [9.17, 15) is 0 Å². The SMILES string of the molecule is COc1ccc(NC(C)c2cc(Br)cs2)c(C)c1. The van der Waals surface area contributed by atoms with Crippen LogP contribution in [0.3, 0.4) is 0 Å². The zero-order valence-electron chi connectivity index (χ0n) is 10.7. The molecular formula is C14H16BrNOS. The summed E-state index contributed by atoms with van der Waals surface area (Å²) in [6.45, 7) is 4.25. The van der Waals surface area contributed by atoms with Crippen LogP contribution in [0, 0.1) is 6.92 Å². The molecule has 0 fully saturated rings. The van der Waals surface area contributed by atoms with Gasteiger partial charge in [-0.15, -0.1) is 11.3 Å². The highest BCUT2D eigenvalue weighted by Gasteiger charge is 2.09. The number of ether oxygens (including phenoxy) is 1. The quantitative estimate of drug-likeness (QED) is 0.853. The van der Waals surface area contributed by atoms with Crippen LogP contribution in [0.4, 0.5) is 5.69 Å². The minimum Gasteiger partial charge on any atom is -0.497 e. The largest absolute Gasteiger partial charge is 0.497 e. The van der Waals surface area contributed by atoms with Crippen molar-refractivity contribution in [3.8, 4) is 5.75 Å². The molecule has 1 aromatic heterocycles. The van der Waals surface area contributed by atoms with Gasteiger partial charge in [-0.2, -0.15) is 0 Å². The molecule has 0 saturated heterocycles. The molecule has 1 N–H and O–H groups in total. The summed E-state index contributed by atoms with van der Waals surface area (Å²) in [4.78, 5) is 1.32. The van der Waals surface area contributed by atoms with Crippen molar-refractivity contribution in [1.82, 2.24) is 0 Å². The van der Waals surface area contributed by atoms with Crippen LogP contribution in [-0.2, 0) is 0 Å². The molecule has 0 saturated carbocycles. The van der Waals surface area contributed by atoms with Gasteiger partial charge in [-0.05, 0) is 59.6 Å². The number of aryl methyl sites for hydroxylation is 1. The van der Waals surface area contributed by atoms with Gasteiger partial charge in [0.2, 0.25) is 0 Å². The van der Waals surface area contributed by atoms with Crippen LogP contribution < -0.4 is 10.1 Å². The van der Waals surface area contributed by atoms with Crippen LogP contribution >= 0.6 is 27.3 Å². The fourth-order valence-corrected chi connectivity index (χ4v) is 3.24. The molecule has 0 aliphatic heterocycles. The van der Waals surface area contributed by atoms with E-state index in [1.54, 1.807) is 18.4 Å². The molecule has 1 heterocycles. The lowest BCUT2D eigenvalue weighted by atomic mass is 10.1. The Balaban J connectivity index is 2.14. The molecule has 2 aromatic rings. The summed E-state index contributed by atoms with van der Waals surface area (Å²) in [6.07, 6.45) is 0. The van der Waals surface area contributed by atoms with Gasteiger partial charge in [0.25, 0.3) is 0 Å². The van der Waals surface area contributed by atoms with Crippen LogP contribution in [0.2, 0.25) is 0 Å². The average Bonchev–Trinajstić information content (AvgIpc) is 2.78. The Labute approximate surface area is 120 Å². The zero-order valence-corrected chi connectivity index (χ0v) is 13.1. The Kier molecular flexibility index (Phi) is 4.30. The van der Waals surface area contributed by atoms with Crippen LogP contribution in [-0.4, -0.2) is 7.11 Å². The summed E-state index contributed by atoms with van der Waals surface area (Å²) in [5.41, 5.74) is 2.34. The number of thiophene rings is 1. The highest BCUT2D eigenvalue weighted by molar-refractivity contribution is 9.10. The van der Waals surface area contributed by atoms with Crippen molar-refractivity contribution in [2.45, 2.75) is 19.9 Å². The summed E-state index contributed by atoms with van der Waals surface area (Å²) in [7, 11) is 1.69. The first kappa shape index (κ1) is 13.4. The van der Waals surface area contributed by atoms with Crippen LogP contribution in [0.1, 0.15) is 23.4 Å². The molecular weight excluding hydrogens is 310 g/mol. The van der Waals surface area contributed by atoms with Gasteiger partial charge in [0, 0.05) is 20.4 Å². The van der Waals surface area contributed by atoms with E-state index >= 15 is 0 Å². The third kappa shape index (κ3) is 3.06. The van der Waals surface area contributed by atoms with E-state index in [1.807, 2.05) is 12.1 Å². The van der Waals surface area contributed by atoms with E-state index in [0.717, 1.165) is 15.9 Å². The van der Waals surface area contributed by atoms with E-state index in [4.69, 9.17) is 4.74 Å². The van der Waals surface area contributed by atoms with Gasteiger partial charge < -0.3 is 10.1 Å². The minimum absolute atomic E-state index is 0.299. The molecule has 1 aromatic carbocycles. The topological polar surface area (TPSA) is 21.3 Å². The maximum absolute atomic E-state index is 5.21. The second kappa shape index (κ2) is 5.76. The van der Waals surface area contributed by atoms with Gasteiger partial charge in [-0.25, -0.2) is 0 Å². The molecule has 0 spiro atoms. The van der Waals surface area contributed by atoms with Crippen molar-refractivity contribution in [2.75, 3.05) is 12.4 Å². The monoisotopic (exact) mass is 325 g/mol. The fourth-order valence-electron chi connectivity index (χ4n) is 1.78. The van der Waals surface area contributed by atoms with Crippen LogP contribution in [0.15, 0.2) is 34.1 Å². The van der Waals surface area contributed by atoms with Crippen molar-refractivity contribution in [3.05, 3.63) is 44.6 Å². The van der Waals surface area contributed by atoms with Gasteiger partial charge >= 0.3 is 0 Å². The van der Waals surface area contributed by atoms with Crippen molar-refractivity contribution in [2.24, 2.45) is 0 Å². The predicted octanol–water partition coefficient (Wildman–Crippen LogP) is 5.00. The number of anilines is 1. The molecule has 0 bridgehead atoms. The lowest BCUT2D eigenvalue weighted by Gasteiger charge is -2.16.